The summed E-state index contributed by atoms with van der Waals surface area (Å²) in [6, 6.07) is 8.60. The number of aromatic nitrogens is 1. The van der Waals surface area contributed by atoms with Crippen molar-refractivity contribution in [3.63, 3.8) is 0 Å². The van der Waals surface area contributed by atoms with Crippen LogP contribution in [0.1, 0.15) is 27.0 Å². The Bertz CT molecular complexity index is 612. The fourth-order valence-corrected chi connectivity index (χ4v) is 2.21. The van der Waals surface area contributed by atoms with Crippen molar-refractivity contribution in [3.05, 3.63) is 47.0 Å². The Morgan fingerprint density at radius 2 is 2.05 bits per heavy atom. The Hall–Kier alpha value is -2.25. The predicted octanol–water partition coefficient (Wildman–Crippen LogP) is 1.84. The molecule has 20 heavy (non-hydrogen) atoms. The number of nitrogens with zero attached hydrogens (tertiary/aromatic N) is 2. The second-order valence-corrected chi connectivity index (χ2v) is 4.78. The van der Waals surface area contributed by atoms with E-state index in [-0.39, 0.29) is 11.7 Å². The Labute approximate surface area is 119 Å². The molecule has 0 aliphatic carbocycles. The van der Waals surface area contributed by atoms with Crippen molar-refractivity contribution in [2.45, 2.75) is 6.92 Å². The molecule has 0 saturated carbocycles. The first kappa shape index (κ1) is 14.2. The van der Waals surface area contributed by atoms with Crippen LogP contribution < -0.4 is 10.9 Å². The van der Waals surface area contributed by atoms with Gasteiger partial charge in [0.2, 0.25) is 5.13 Å². The van der Waals surface area contributed by atoms with Gasteiger partial charge in [-0.15, -0.1) is 0 Å². The summed E-state index contributed by atoms with van der Waals surface area (Å²) in [4.78, 5) is 27.9. The summed E-state index contributed by atoms with van der Waals surface area (Å²) >= 11 is 1.01. The van der Waals surface area contributed by atoms with Crippen LogP contribution in [0.4, 0.5) is 5.13 Å². The van der Waals surface area contributed by atoms with Gasteiger partial charge in [-0.3, -0.25) is 4.79 Å². The number of hydrogen-bond donors (Lipinski definition) is 1. The molecule has 0 radical (unpaired) electrons. The van der Waals surface area contributed by atoms with Crippen LogP contribution in [0.5, 0.6) is 0 Å². The highest BCUT2D eigenvalue weighted by Gasteiger charge is 2.19. The van der Waals surface area contributed by atoms with Gasteiger partial charge in [0.05, 0.1) is 12.8 Å². The highest BCUT2D eigenvalue weighted by molar-refractivity contribution is 7.17. The van der Waals surface area contributed by atoms with Gasteiger partial charge in [-0.25, -0.2) is 20.6 Å². The van der Waals surface area contributed by atoms with Gasteiger partial charge < -0.3 is 4.74 Å². The summed E-state index contributed by atoms with van der Waals surface area (Å²) < 4.78 is 4.85. The molecule has 0 atom stereocenters. The van der Waals surface area contributed by atoms with Crippen LogP contribution in [0.3, 0.4) is 0 Å². The van der Waals surface area contributed by atoms with E-state index < -0.39 is 11.9 Å². The fraction of sp³-hybridized carbons (Fsp3) is 0.154. The van der Waals surface area contributed by atoms with Crippen molar-refractivity contribution >= 4 is 28.3 Å². The number of thiazole rings is 1. The molecule has 0 aliphatic rings. The third-order valence-corrected chi connectivity index (χ3v) is 3.39. The number of amides is 1. The number of benzene rings is 1. The minimum absolute atomic E-state index is 0.238. The van der Waals surface area contributed by atoms with Gasteiger partial charge in [-0.2, -0.15) is 0 Å². The average Bonchev–Trinajstić information content (AvgIpc) is 2.97. The molecule has 6 nitrogen and oxygen atoms in total. The molecule has 0 fully saturated rings. The molecular formula is C13H13N3O3S. The maximum absolute atomic E-state index is 12.1. The average molecular weight is 291 g/mol. The number of nitrogens with two attached hydrogens (primary N) is 1. The number of esters is 1. The van der Waals surface area contributed by atoms with Gasteiger partial charge >= 0.3 is 5.97 Å². The predicted molar refractivity (Wildman–Crippen MR) is 75.5 cm³/mol. The molecule has 0 saturated heterocycles. The highest BCUT2D eigenvalue weighted by atomic mass is 32.1. The summed E-state index contributed by atoms with van der Waals surface area (Å²) in [5.74, 6) is 4.87. The number of anilines is 1. The lowest BCUT2D eigenvalue weighted by molar-refractivity contribution is 0.0531. The van der Waals surface area contributed by atoms with Crippen molar-refractivity contribution in [1.29, 1.82) is 0 Å². The summed E-state index contributed by atoms with van der Waals surface area (Å²) in [5.41, 5.74) is 0.447. The van der Waals surface area contributed by atoms with Gasteiger partial charge in [-0.1, -0.05) is 29.5 Å². The number of carbonyl (C=O) groups is 2. The van der Waals surface area contributed by atoms with Crippen molar-refractivity contribution in [2.75, 3.05) is 11.6 Å². The number of hydrazine groups is 1. The lowest BCUT2D eigenvalue weighted by Crippen LogP contribution is -2.37. The van der Waals surface area contributed by atoms with Gasteiger partial charge in [0.15, 0.2) is 0 Å². The second-order valence-electron chi connectivity index (χ2n) is 3.77. The summed E-state index contributed by atoms with van der Waals surface area (Å²) in [6.07, 6.45) is 1.34. The first-order valence-electron chi connectivity index (χ1n) is 5.90. The summed E-state index contributed by atoms with van der Waals surface area (Å²) in [5, 5.41) is 1.16. The van der Waals surface area contributed by atoms with Crippen LogP contribution in [-0.2, 0) is 4.74 Å². The zero-order chi connectivity index (χ0) is 14.5. The standard InChI is InChI=1S/C13H13N3O3S/c1-2-19-12(18)10-8-15-13(20-10)16(14)11(17)9-6-4-3-5-7-9/h3-8H,2,14H2,1H3. The molecule has 0 unspecified atom stereocenters. The van der Waals surface area contributed by atoms with E-state index in [1.54, 1.807) is 37.3 Å². The maximum Gasteiger partial charge on any atom is 0.350 e. The molecular weight excluding hydrogens is 278 g/mol. The molecule has 0 aliphatic heterocycles. The minimum Gasteiger partial charge on any atom is -0.462 e. The van der Waals surface area contributed by atoms with Gasteiger partial charge in [0.25, 0.3) is 5.91 Å². The van der Waals surface area contributed by atoms with Crippen LogP contribution in [0.25, 0.3) is 0 Å². The van der Waals surface area contributed by atoms with E-state index >= 15 is 0 Å². The van der Waals surface area contributed by atoms with Crippen LogP contribution in [-0.4, -0.2) is 23.5 Å². The molecule has 2 rings (SSSR count). The molecule has 2 aromatic rings. The first-order valence-corrected chi connectivity index (χ1v) is 6.72. The van der Waals surface area contributed by atoms with E-state index in [0.29, 0.717) is 10.4 Å². The van der Waals surface area contributed by atoms with Crippen molar-refractivity contribution in [3.8, 4) is 0 Å². The Morgan fingerprint density at radius 1 is 1.35 bits per heavy atom. The van der Waals surface area contributed by atoms with E-state index in [2.05, 4.69) is 4.98 Å². The van der Waals surface area contributed by atoms with Crippen molar-refractivity contribution in [2.24, 2.45) is 5.84 Å². The molecule has 1 heterocycles. The molecule has 2 N–H and O–H groups in total. The summed E-state index contributed by atoms with van der Waals surface area (Å²) in [7, 11) is 0. The number of hydrogen-bond acceptors (Lipinski definition) is 6. The Morgan fingerprint density at radius 3 is 2.70 bits per heavy atom. The largest absolute Gasteiger partial charge is 0.462 e. The Balaban J connectivity index is 2.16. The van der Waals surface area contributed by atoms with Gasteiger partial charge in [0, 0.05) is 5.56 Å². The molecule has 1 aromatic carbocycles. The lowest BCUT2D eigenvalue weighted by atomic mass is 10.2. The van der Waals surface area contributed by atoms with E-state index in [1.807, 2.05) is 0 Å². The third-order valence-electron chi connectivity index (χ3n) is 2.42. The first-order chi connectivity index (χ1) is 9.63. The monoisotopic (exact) mass is 291 g/mol. The third kappa shape index (κ3) is 3.01. The van der Waals surface area contributed by atoms with Crippen molar-refractivity contribution in [1.82, 2.24) is 4.98 Å². The zero-order valence-corrected chi connectivity index (χ0v) is 11.6. The number of ether oxygens (including phenoxy) is 1. The van der Waals surface area contributed by atoms with E-state index in [0.717, 1.165) is 16.3 Å². The Kier molecular flexibility index (Phi) is 4.44. The zero-order valence-electron chi connectivity index (χ0n) is 10.8. The molecule has 0 spiro atoms. The van der Waals surface area contributed by atoms with E-state index in [1.165, 1.54) is 6.20 Å². The van der Waals surface area contributed by atoms with Crippen LogP contribution in [0, 0.1) is 0 Å². The lowest BCUT2D eigenvalue weighted by Gasteiger charge is -2.12. The molecule has 0 bridgehead atoms. The fourth-order valence-electron chi connectivity index (χ4n) is 1.48. The van der Waals surface area contributed by atoms with Gasteiger partial charge in [-0.05, 0) is 19.1 Å². The highest BCUT2D eigenvalue weighted by Crippen LogP contribution is 2.22. The van der Waals surface area contributed by atoms with E-state index in [4.69, 9.17) is 10.6 Å². The van der Waals surface area contributed by atoms with Crippen LogP contribution in [0.15, 0.2) is 36.5 Å². The SMILES string of the molecule is CCOC(=O)c1cnc(N(N)C(=O)c2ccccc2)s1. The quantitative estimate of drug-likeness (QED) is 0.402. The summed E-state index contributed by atoms with van der Waals surface area (Å²) in [6.45, 7) is 2.00. The molecule has 1 amide bonds. The van der Waals surface area contributed by atoms with Crippen LogP contribution >= 0.6 is 11.3 Å². The molecule has 1 aromatic heterocycles. The normalized spacial score (nSPS) is 10.1. The molecule has 104 valence electrons. The maximum atomic E-state index is 12.1. The van der Waals surface area contributed by atoms with Gasteiger partial charge in [0.1, 0.15) is 4.88 Å². The smallest absolute Gasteiger partial charge is 0.350 e. The number of carbonyl (C=O) groups excluding carboxylic acids is 2. The topological polar surface area (TPSA) is 85.5 Å². The molecule has 7 heteroatoms. The van der Waals surface area contributed by atoms with E-state index in [9.17, 15) is 9.59 Å². The van der Waals surface area contributed by atoms with Crippen LogP contribution in [0.2, 0.25) is 0 Å². The number of rotatable bonds is 4. The minimum atomic E-state index is -0.475. The second kappa shape index (κ2) is 6.27. The van der Waals surface area contributed by atoms with Crippen molar-refractivity contribution < 1.29 is 14.3 Å².